The lowest BCUT2D eigenvalue weighted by atomic mass is 9.99. The zero-order chi connectivity index (χ0) is 18.8. The molecule has 2 nitrogen and oxygen atoms in total. The Morgan fingerprint density at radius 3 is 1.81 bits per heavy atom. The van der Waals surface area contributed by atoms with Crippen molar-refractivity contribution in [3.8, 4) is 28.0 Å². The standard InChI is InChI=1S/C20H12F4O2/c1-11(25)26-15-5-2-12(3-6-15)13-4-7-16(17(21)8-13)14-9-18(22)20(24)19(23)10-14/h2-10H,1H3. The van der Waals surface area contributed by atoms with E-state index in [9.17, 15) is 22.4 Å². The molecule has 0 spiro atoms. The first-order chi connectivity index (χ1) is 12.3. The predicted molar refractivity (Wildman–Crippen MR) is 88.5 cm³/mol. The van der Waals surface area contributed by atoms with Gasteiger partial charge in [0, 0.05) is 12.5 Å². The van der Waals surface area contributed by atoms with E-state index in [4.69, 9.17) is 4.74 Å². The minimum Gasteiger partial charge on any atom is -0.427 e. The average molecular weight is 360 g/mol. The van der Waals surface area contributed by atoms with Crippen molar-refractivity contribution in [2.24, 2.45) is 0 Å². The van der Waals surface area contributed by atoms with E-state index < -0.39 is 29.2 Å². The van der Waals surface area contributed by atoms with Crippen LogP contribution in [0.25, 0.3) is 22.3 Å². The SMILES string of the molecule is CC(=O)Oc1ccc(-c2ccc(-c3cc(F)c(F)c(F)c3)c(F)c2)cc1. The number of ether oxygens (including phenoxy) is 1. The van der Waals surface area contributed by atoms with E-state index >= 15 is 0 Å². The van der Waals surface area contributed by atoms with Gasteiger partial charge in [0.2, 0.25) is 0 Å². The lowest BCUT2D eigenvalue weighted by Gasteiger charge is -2.09. The summed E-state index contributed by atoms with van der Waals surface area (Å²) in [7, 11) is 0. The van der Waals surface area contributed by atoms with Crippen LogP contribution in [0.3, 0.4) is 0 Å². The Morgan fingerprint density at radius 1 is 0.731 bits per heavy atom. The molecule has 0 saturated heterocycles. The topological polar surface area (TPSA) is 26.3 Å². The van der Waals surface area contributed by atoms with Gasteiger partial charge in [0.25, 0.3) is 0 Å². The maximum Gasteiger partial charge on any atom is 0.308 e. The third kappa shape index (κ3) is 3.59. The minimum atomic E-state index is -1.60. The Labute approximate surface area is 146 Å². The molecular formula is C20H12F4O2. The quantitative estimate of drug-likeness (QED) is 0.267. The fourth-order valence-corrected chi connectivity index (χ4v) is 2.52. The van der Waals surface area contributed by atoms with Crippen molar-refractivity contribution in [3.63, 3.8) is 0 Å². The van der Waals surface area contributed by atoms with Crippen molar-refractivity contribution in [2.75, 3.05) is 0 Å². The summed E-state index contributed by atoms with van der Waals surface area (Å²) in [5.74, 6) is -5.17. The number of rotatable bonds is 3. The molecule has 0 N–H and O–H groups in total. The van der Waals surface area contributed by atoms with Crippen LogP contribution in [-0.2, 0) is 4.79 Å². The first kappa shape index (κ1) is 17.7. The summed E-state index contributed by atoms with van der Waals surface area (Å²) >= 11 is 0. The van der Waals surface area contributed by atoms with Crippen LogP contribution in [0.5, 0.6) is 5.75 Å². The van der Waals surface area contributed by atoms with Crippen LogP contribution >= 0.6 is 0 Å². The van der Waals surface area contributed by atoms with Gasteiger partial charge in [-0.1, -0.05) is 24.3 Å². The largest absolute Gasteiger partial charge is 0.427 e. The van der Waals surface area contributed by atoms with Gasteiger partial charge in [-0.2, -0.15) is 0 Å². The van der Waals surface area contributed by atoms with Crippen LogP contribution in [-0.4, -0.2) is 5.97 Å². The van der Waals surface area contributed by atoms with Crippen molar-refractivity contribution >= 4 is 5.97 Å². The summed E-state index contributed by atoms with van der Waals surface area (Å²) in [6.07, 6.45) is 0. The minimum absolute atomic E-state index is 0.0527. The number of halogens is 4. The molecule has 132 valence electrons. The summed E-state index contributed by atoms with van der Waals surface area (Å²) in [4.78, 5) is 10.9. The highest BCUT2D eigenvalue weighted by atomic mass is 19.2. The molecule has 0 unspecified atom stereocenters. The summed E-state index contributed by atoms with van der Waals surface area (Å²) in [6, 6.07) is 12.0. The molecule has 0 bridgehead atoms. The summed E-state index contributed by atoms with van der Waals surface area (Å²) in [6.45, 7) is 1.28. The molecule has 0 aromatic heterocycles. The predicted octanol–water partition coefficient (Wildman–Crippen LogP) is 5.50. The maximum atomic E-state index is 14.4. The van der Waals surface area contributed by atoms with E-state index in [0.717, 1.165) is 12.1 Å². The smallest absolute Gasteiger partial charge is 0.308 e. The van der Waals surface area contributed by atoms with Crippen LogP contribution in [0.2, 0.25) is 0 Å². The van der Waals surface area contributed by atoms with Crippen LogP contribution in [0.1, 0.15) is 6.92 Å². The van der Waals surface area contributed by atoms with Gasteiger partial charge in [0.15, 0.2) is 17.5 Å². The molecule has 0 saturated carbocycles. The van der Waals surface area contributed by atoms with Crippen LogP contribution in [0.15, 0.2) is 54.6 Å². The van der Waals surface area contributed by atoms with Gasteiger partial charge in [-0.05, 0) is 47.0 Å². The molecule has 6 heteroatoms. The van der Waals surface area contributed by atoms with Crippen molar-refractivity contribution < 1.29 is 27.1 Å². The number of benzene rings is 3. The van der Waals surface area contributed by atoms with Gasteiger partial charge >= 0.3 is 5.97 Å². The molecule has 3 aromatic carbocycles. The number of carbonyl (C=O) groups excluding carboxylic acids is 1. The van der Waals surface area contributed by atoms with E-state index in [2.05, 4.69) is 0 Å². The molecule has 0 fully saturated rings. The second-order valence-electron chi connectivity index (χ2n) is 5.57. The highest BCUT2D eigenvalue weighted by molar-refractivity contribution is 5.72. The van der Waals surface area contributed by atoms with E-state index in [0.29, 0.717) is 16.9 Å². The Bertz CT molecular complexity index is 959. The summed E-state index contributed by atoms with van der Waals surface area (Å²) in [5, 5.41) is 0. The fourth-order valence-electron chi connectivity index (χ4n) is 2.52. The molecule has 0 aliphatic rings. The lowest BCUT2D eigenvalue weighted by Crippen LogP contribution is -2.00. The van der Waals surface area contributed by atoms with Gasteiger partial charge in [0.1, 0.15) is 11.6 Å². The van der Waals surface area contributed by atoms with Gasteiger partial charge in [-0.3, -0.25) is 4.79 Å². The molecule has 0 radical (unpaired) electrons. The summed E-state index contributed by atoms with van der Waals surface area (Å²) in [5.41, 5.74) is 1.02. The van der Waals surface area contributed by atoms with Crippen molar-refractivity contribution in [1.29, 1.82) is 0 Å². The fraction of sp³-hybridized carbons (Fsp3) is 0.0500. The third-order valence-corrected chi connectivity index (χ3v) is 3.71. The number of esters is 1. The first-order valence-electron chi connectivity index (χ1n) is 7.58. The number of hydrogen-bond acceptors (Lipinski definition) is 2. The average Bonchev–Trinajstić information content (AvgIpc) is 2.59. The van der Waals surface area contributed by atoms with Gasteiger partial charge in [0.05, 0.1) is 0 Å². The third-order valence-electron chi connectivity index (χ3n) is 3.71. The molecule has 0 aliphatic carbocycles. The van der Waals surface area contributed by atoms with Crippen molar-refractivity contribution in [2.45, 2.75) is 6.92 Å². The number of hydrogen-bond donors (Lipinski definition) is 0. The zero-order valence-electron chi connectivity index (χ0n) is 13.5. The van der Waals surface area contributed by atoms with Crippen LogP contribution in [0, 0.1) is 23.3 Å². The molecule has 0 atom stereocenters. The molecule has 26 heavy (non-hydrogen) atoms. The van der Waals surface area contributed by atoms with Gasteiger partial charge in [-0.25, -0.2) is 17.6 Å². The highest BCUT2D eigenvalue weighted by Gasteiger charge is 2.14. The zero-order valence-corrected chi connectivity index (χ0v) is 13.5. The van der Waals surface area contributed by atoms with E-state index in [1.807, 2.05) is 0 Å². The molecule has 3 aromatic rings. The normalized spacial score (nSPS) is 10.7. The Morgan fingerprint density at radius 2 is 1.27 bits per heavy atom. The van der Waals surface area contributed by atoms with Crippen molar-refractivity contribution in [3.05, 3.63) is 77.9 Å². The molecule has 0 heterocycles. The Kier molecular flexibility index (Phi) is 4.75. The first-order valence-corrected chi connectivity index (χ1v) is 7.58. The molecule has 3 rings (SSSR count). The molecule has 0 aliphatic heterocycles. The van der Waals surface area contributed by atoms with Crippen LogP contribution < -0.4 is 4.74 Å². The van der Waals surface area contributed by atoms with E-state index in [-0.39, 0.29) is 11.1 Å². The lowest BCUT2D eigenvalue weighted by molar-refractivity contribution is -0.131. The van der Waals surface area contributed by atoms with Gasteiger partial charge < -0.3 is 4.74 Å². The van der Waals surface area contributed by atoms with Crippen molar-refractivity contribution in [1.82, 2.24) is 0 Å². The molecule has 0 amide bonds. The van der Waals surface area contributed by atoms with Crippen LogP contribution in [0.4, 0.5) is 17.6 Å². The Balaban J connectivity index is 1.94. The summed E-state index contributed by atoms with van der Waals surface area (Å²) < 4.78 is 59.1. The highest BCUT2D eigenvalue weighted by Crippen LogP contribution is 2.30. The Hall–Kier alpha value is -3.15. The second-order valence-corrected chi connectivity index (χ2v) is 5.57. The van der Waals surface area contributed by atoms with Gasteiger partial charge in [-0.15, -0.1) is 0 Å². The van der Waals surface area contributed by atoms with E-state index in [1.54, 1.807) is 30.3 Å². The number of carbonyl (C=O) groups is 1. The monoisotopic (exact) mass is 360 g/mol. The second kappa shape index (κ2) is 7.00. The van der Waals surface area contributed by atoms with E-state index in [1.165, 1.54) is 19.1 Å². The molecular weight excluding hydrogens is 348 g/mol. The maximum absolute atomic E-state index is 14.4.